The maximum Gasteiger partial charge on any atom is 0.228 e. The molecular formula is C16H27ClN4O. The summed E-state index contributed by atoms with van der Waals surface area (Å²) in [5.74, 6) is 0.737. The minimum atomic E-state index is -0.178. The van der Waals surface area contributed by atoms with Gasteiger partial charge in [0.25, 0.3) is 0 Å². The molecule has 1 aromatic rings. The van der Waals surface area contributed by atoms with Crippen LogP contribution in [0.3, 0.4) is 0 Å². The van der Waals surface area contributed by atoms with E-state index in [1.165, 1.54) is 19.3 Å². The lowest BCUT2D eigenvalue weighted by atomic mass is 9.67. The molecule has 2 heterocycles. The van der Waals surface area contributed by atoms with Gasteiger partial charge in [-0.15, -0.1) is 12.4 Å². The zero-order chi connectivity index (χ0) is 15.0. The molecule has 3 atom stereocenters. The quantitative estimate of drug-likeness (QED) is 0.894. The van der Waals surface area contributed by atoms with Gasteiger partial charge in [0.05, 0.1) is 17.7 Å². The van der Waals surface area contributed by atoms with Crippen LogP contribution < -0.4 is 10.6 Å². The van der Waals surface area contributed by atoms with Gasteiger partial charge >= 0.3 is 0 Å². The van der Waals surface area contributed by atoms with Crippen molar-refractivity contribution in [2.45, 2.75) is 45.6 Å². The number of hydrogen-bond donors (Lipinski definition) is 2. The fourth-order valence-electron chi connectivity index (χ4n) is 4.05. The van der Waals surface area contributed by atoms with Crippen LogP contribution in [-0.4, -0.2) is 28.8 Å². The largest absolute Gasteiger partial charge is 0.349 e. The molecule has 0 aromatic carbocycles. The van der Waals surface area contributed by atoms with Gasteiger partial charge in [-0.2, -0.15) is 5.10 Å². The maximum atomic E-state index is 12.9. The van der Waals surface area contributed by atoms with Gasteiger partial charge in [0.1, 0.15) is 0 Å². The molecule has 0 radical (unpaired) electrons. The molecule has 1 saturated carbocycles. The molecule has 0 bridgehead atoms. The number of aryl methyl sites for hydroxylation is 1. The number of rotatable bonds is 3. The highest BCUT2D eigenvalue weighted by molar-refractivity contribution is 5.85. The summed E-state index contributed by atoms with van der Waals surface area (Å²) in [6.07, 6.45) is 6.50. The molecule has 6 heteroatoms. The number of fused-ring (bicyclic) bond motifs is 1. The average Bonchev–Trinajstić information content (AvgIpc) is 3.04. The Balaban J connectivity index is 0.00000176. The highest BCUT2D eigenvalue weighted by Gasteiger charge is 2.50. The summed E-state index contributed by atoms with van der Waals surface area (Å²) in [4.78, 5) is 12.9. The van der Waals surface area contributed by atoms with E-state index in [1.54, 1.807) is 0 Å². The lowest BCUT2D eigenvalue weighted by Gasteiger charge is -2.37. The molecular weight excluding hydrogens is 300 g/mol. The van der Waals surface area contributed by atoms with Gasteiger partial charge in [0, 0.05) is 24.8 Å². The van der Waals surface area contributed by atoms with Gasteiger partial charge in [-0.1, -0.05) is 12.8 Å². The van der Waals surface area contributed by atoms with E-state index in [9.17, 15) is 4.79 Å². The van der Waals surface area contributed by atoms with Crippen molar-refractivity contribution < 1.29 is 4.79 Å². The zero-order valence-electron chi connectivity index (χ0n) is 13.7. The van der Waals surface area contributed by atoms with Crippen molar-refractivity contribution >= 4 is 18.3 Å². The van der Waals surface area contributed by atoms with Crippen molar-refractivity contribution in [1.82, 2.24) is 20.4 Å². The maximum absolute atomic E-state index is 12.9. The van der Waals surface area contributed by atoms with Crippen LogP contribution in [0.2, 0.25) is 0 Å². The van der Waals surface area contributed by atoms with Crippen LogP contribution >= 0.6 is 12.4 Å². The summed E-state index contributed by atoms with van der Waals surface area (Å²) in [7, 11) is 1.93. The summed E-state index contributed by atoms with van der Waals surface area (Å²) < 4.78 is 1.86. The number of hydrogen-bond acceptors (Lipinski definition) is 3. The second-order valence-electron chi connectivity index (χ2n) is 6.73. The van der Waals surface area contributed by atoms with Crippen molar-refractivity contribution in [3.05, 3.63) is 17.5 Å². The number of carbonyl (C=O) groups is 1. The molecule has 2 fully saturated rings. The molecule has 1 unspecified atom stereocenters. The molecule has 22 heavy (non-hydrogen) atoms. The van der Waals surface area contributed by atoms with Crippen molar-refractivity contribution in [1.29, 1.82) is 0 Å². The number of aromatic nitrogens is 2. The molecule has 1 aromatic heterocycles. The molecule has 1 saturated heterocycles. The third-order valence-electron chi connectivity index (χ3n) is 5.58. The summed E-state index contributed by atoms with van der Waals surface area (Å²) in [5.41, 5.74) is 2.05. The molecule has 3 rings (SSSR count). The Bertz CT molecular complexity index is 544. The average molecular weight is 327 g/mol. The predicted molar refractivity (Wildman–Crippen MR) is 89.0 cm³/mol. The Kier molecular flexibility index (Phi) is 5.17. The Morgan fingerprint density at radius 2 is 2.32 bits per heavy atom. The van der Waals surface area contributed by atoms with Gasteiger partial charge in [0.2, 0.25) is 5.91 Å². The van der Waals surface area contributed by atoms with Gasteiger partial charge in [-0.3, -0.25) is 9.48 Å². The van der Waals surface area contributed by atoms with E-state index in [0.717, 1.165) is 30.8 Å². The smallest absolute Gasteiger partial charge is 0.228 e. The SMILES string of the molecule is Cc1c(C(C)NC(=O)[C@@]23CCCC[C@H]2CNC3)cnn1C.Cl. The Morgan fingerprint density at radius 1 is 1.55 bits per heavy atom. The van der Waals surface area contributed by atoms with Gasteiger partial charge in [-0.05, 0) is 39.2 Å². The molecule has 1 amide bonds. The van der Waals surface area contributed by atoms with Crippen LogP contribution in [0.25, 0.3) is 0 Å². The van der Waals surface area contributed by atoms with E-state index in [2.05, 4.69) is 22.7 Å². The van der Waals surface area contributed by atoms with Gasteiger partial charge in [-0.25, -0.2) is 0 Å². The van der Waals surface area contributed by atoms with Crippen LogP contribution in [0.15, 0.2) is 6.20 Å². The number of amides is 1. The molecule has 2 aliphatic rings. The summed E-state index contributed by atoms with van der Waals surface area (Å²) in [6, 6.07) is 0.0174. The van der Waals surface area contributed by atoms with E-state index in [0.29, 0.717) is 5.92 Å². The predicted octanol–water partition coefficient (Wildman–Crippen LogP) is 2.11. The van der Waals surface area contributed by atoms with Crippen LogP contribution in [0.1, 0.15) is 49.9 Å². The fraction of sp³-hybridized carbons (Fsp3) is 0.750. The Morgan fingerprint density at radius 3 is 3.00 bits per heavy atom. The van der Waals surface area contributed by atoms with Crippen molar-refractivity contribution in [3.8, 4) is 0 Å². The second kappa shape index (κ2) is 6.59. The topological polar surface area (TPSA) is 59.0 Å². The third kappa shape index (κ3) is 2.76. The second-order valence-corrected chi connectivity index (χ2v) is 6.73. The van der Waals surface area contributed by atoms with Crippen molar-refractivity contribution in [2.24, 2.45) is 18.4 Å². The minimum Gasteiger partial charge on any atom is -0.349 e. The van der Waals surface area contributed by atoms with Crippen LogP contribution in [0.4, 0.5) is 0 Å². The first-order valence-electron chi connectivity index (χ1n) is 8.05. The summed E-state index contributed by atoms with van der Waals surface area (Å²) in [5, 5.41) is 11.0. The first-order chi connectivity index (χ1) is 10.0. The zero-order valence-corrected chi connectivity index (χ0v) is 14.5. The number of halogens is 1. The molecule has 5 nitrogen and oxygen atoms in total. The van der Waals surface area contributed by atoms with Gasteiger partial charge in [0.15, 0.2) is 0 Å². The lowest BCUT2D eigenvalue weighted by molar-refractivity contribution is -0.134. The summed E-state index contributed by atoms with van der Waals surface area (Å²) >= 11 is 0. The van der Waals surface area contributed by atoms with E-state index in [-0.39, 0.29) is 29.8 Å². The molecule has 0 spiro atoms. The minimum absolute atomic E-state index is 0. The Hall–Kier alpha value is -1.07. The van der Waals surface area contributed by atoms with Crippen LogP contribution in [0.5, 0.6) is 0 Å². The molecule has 124 valence electrons. The van der Waals surface area contributed by atoms with Crippen molar-refractivity contribution in [3.63, 3.8) is 0 Å². The monoisotopic (exact) mass is 326 g/mol. The first-order valence-corrected chi connectivity index (χ1v) is 8.05. The van der Waals surface area contributed by atoms with E-state index >= 15 is 0 Å². The van der Waals surface area contributed by atoms with Crippen LogP contribution in [-0.2, 0) is 11.8 Å². The number of carbonyl (C=O) groups excluding carboxylic acids is 1. The highest BCUT2D eigenvalue weighted by Crippen LogP contribution is 2.44. The molecule has 1 aliphatic carbocycles. The van der Waals surface area contributed by atoms with E-state index < -0.39 is 0 Å². The van der Waals surface area contributed by atoms with E-state index in [1.807, 2.05) is 24.9 Å². The normalized spacial score (nSPS) is 28.6. The highest BCUT2D eigenvalue weighted by atomic mass is 35.5. The first kappa shape index (κ1) is 17.3. The third-order valence-corrected chi connectivity index (χ3v) is 5.58. The standard InChI is InChI=1S/C16H26N4O.ClH/c1-11(14-9-18-20(3)12(14)2)19-15(21)16-7-5-4-6-13(16)8-17-10-16;/h9,11,13,17H,4-8,10H2,1-3H3,(H,19,21);1H/t11?,13-,16+;/m0./s1. The number of nitrogens with zero attached hydrogens (tertiary/aromatic N) is 2. The van der Waals surface area contributed by atoms with Crippen LogP contribution in [0, 0.1) is 18.3 Å². The summed E-state index contributed by atoms with van der Waals surface area (Å²) in [6.45, 7) is 5.93. The van der Waals surface area contributed by atoms with Crippen molar-refractivity contribution in [2.75, 3.05) is 13.1 Å². The van der Waals surface area contributed by atoms with E-state index in [4.69, 9.17) is 0 Å². The number of nitrogens with one attached hydrogen (secondary N) is 2. The fourth-order valence-corrected chi connectivity index (χ4v) is 4.05. The molecule has 2 N–H and O–H groups in total. The van der Waals surface area contributed by atoms with Gasteiger partial charge < -0.3 is 10.6 Å². The lowest BCUT2D eigenvalue weighted by Crippen LogP contribution is -2.48. The Labute approximate surface area is 138 Å². The molecule has 1 aliphatic heterocycles.